The highest BCUT2D eigenvalue weighted by molar-refractivity contribution is 6.35. The molecule has 1 heterocycles. The molecular weight excluding hydrogens is 529 g/mol. The van der Waals surface area contributed by atoms with E-state index < -0.39 is 17.8 Å². The van der Waals surface area contributed by atoms with E-state index in [1.165, 1.54) is 13.0 Å². The number of likely N-dealkylation sites (N-methyl/N-ethyl adjacent to an activating group) is 1. The number of amides is 1. The Balaban J connectivity index is 1.65. The fourth-order valence-corrected chi connectivity index (χ4v) is 5.02. The fourth-order valence-electron chi connectivity index (χ4n) is 4.80. The van der Waals surface area contributed by atoms with Crippen molar-refractivity contribution in [2.24, 2.45) is 11.7 Å². The number of carbonyl (C=O) groups is 2. The van der Waals surface area contributed by atoms with E-state index in [4.69, 9.17) is 23.1 Å². The first-order valence-electron chi connectivity index (χ1n) is 13.5. The molecule has 40 heavy (non-hydrogen) atoms. The molecule has 1 saturated heterocycles. The van der Waals surface area contributed by atoms with E-state index in [0.717, 1.165) is 48.6 Å². The average molecular weight is 566 g/mol. The van der Waals surface area contributed by atoms with E-state index in [2.05, 4.69) is 22.2 Å². The number of anilines is 3. The van der Waals surface area contributed by atoms with Gasteiger partial charge in [0.15, 0.2) is 11.6 Å². The number of hydrogen-bond donors (Lipinski definition) is 3. The number of hydrogen-bond acceptors (Lipinski definition) is 6. The van der Waals surface area contributed by atoms with Crippen LogP contribution in [0.2, 0.25) is 5.02 Å². The summed E-state index contributed by atoms with van der Waals surface area (Å²) < 4.78 is 14.2. The maximum absolute atomic E-state index is 14.2. The second-order valence-corrected chi connectivity index (χ2v) is 11.2. The van der Waals surface area contributed by atoms with E-state index >= 15 is 0 Å². The molecule has 1 amide bonds. The zero-order valence-corrected chi connectivity index (χ0v) is 24.2. The Morgan fingerprint density at radius 1 is 1.02 bits per heavy atom. The standard InChI is InChI=1S/C31H37ClFN5O2/c1-18(2)30(35)27(39)15-20-5-7-21(8-6-20)22-9-10-26(38-13-11-37(4)12-14-38)25(16-22)36-31(40)23-17-24(34)29(33)19(3)28(23)32/h5-10,16-18,30H,11-15,34-35H2,1-4H3,(H,36,40). The smallest absolute Gasteiger partial charge is 0.257 e. The van der Waals surface area contributed by atoms with Gasteiger partial charge in [0, 0.05) is 38.2 Å². The number of nitrogens with zero attached hydrogens (tertiary/aromatic N) is 2. The lowest BCUT2D eigenvalue weighted by Gasteiger charge is -2.35. The molecule has 0 bridgehead atoms. The van der Waals surface area contributed by atoms with Gasteiger partial charge >= 0.3 is 0 Å². The Morgan fingerprint density at radius 2 is 1.65 bits per heavy atom. The van der Waals surface area contributed by atoms with Gasteiger partial charge < -0.3 is 26.6 Å². The van der Waals surface area contributed by atoms with Crippen LogP contribution in [-0.2, 0) is 11.2 Å². The third kappa shape index (κ3) is 6.46. The highest BCUT2D eigenvalue weighted by atomic mass is 35.5. The third-order valence-electron chi connectivity index (χ3n) is 7.54. The van der Waals surface area contributed by atoms with Crippen LogP contribution >= 0.6 is 11.6 Å². The molecule has 0 aliphatic carbocycles. The normalized spacial score (nSPS) is 14.8. The molecule has 1 unspecified atom stereocenters. The van der Waals surface area contributed by atoms with Crippen molar-refractivity contribution in [1.29, 1.82) is 0 Å². The second kappa shape index (κ2) is 12.4. The summed E-state index contributed by atoms with van der Waals surface area (Å²) in [7, 11) is 2.08. The van der Waals surface area contributed by atoms with Crippen molar-refractivity contribution < 1.29 is 14.0 Å². The number of nitrogens with two attached hydrogens (primary N) is 2. The van der Waals surface area contributed by atoms with Crippen LogP contribution in [0.4, 0.5) is 21.5 Å². The van der Waals surface area contributed by atoms with Crippen LogP contribution in [0, 0.1) is 18.7 Å². The molecule has 4 rings (SSSR count). The molecule has 1 atom stereocenters. The molecule has 0 radical (unpaired) electrons. The van der Waals surface area contributed by atoms with Gasteiger partial charge in [-0.1, -0.05) is 55.8 Å². The monoisotopic (exact) mass is 565 g/mol. The van der Waals surface area contributed by atoms with Crippen LogP contribution in [-0.4, -0.2) is 55.9 Å². The summed E-state index contributed by atoms with van der Waals surface area (Å²) in [6.07, 6.45) is 0.282. The predicted molar refractivity (Wildman–Crippen MR) is 162 cm³/mol. The Morgan fingerprint density at radius 3 is 2.27 bits per heavy atom. The lowest BCUT2D eigenvalue weighted by atomic mass is 9.95. The Bertz CT molecular complexity index is 1400. The van der Waals surface area contributed by atoms with Crippen molar-refractivity contribution in [3.05, 3.63) is 76.1 Å². The van der Waals surface area contributed by atoms with Gasteiger partial charge in [-0.2, -0.15) is 0 Å². The van der Waals surface area contributed by atoms with E-state index in [1.807, 2.05) is 56.3 Å². The SMILES string of the molecule is Cc1c(F)c(N)cc(C(=O)Nc2cc(-c3ccc(CC(=O)C(N)C(C)C)cc3)ccc2N2CCN(C)CC2)c1Cl. The number of halogens is 2. The summed E-state index contributed by atoms with van der Waals surface area (Å²) in [6.45, 7) is 8.79. The lowest BCUT2D eigenvalue weighted by Crippen LogP contribution is -2.44. The highest BCUT2D eigenvalue weighted by Gasteiger charge is 2.22. The van der Waals surface area contributed by atoms with Crippen molar-refractivity contribution in [3.63, 3.8) is 0 Å². The maximum Gasteiger partial charge on any atom is 0.257 e. The molecule has 3 aromatic carbocycles. The number of rotatable bonds is 8. The Hall–Kier alpha value is -3.46. The Kier molecular flexibility index (Phi) is 9.13. The number of nitrogen functional groups attached to an aromatic ring is 1. The minimum Gasteiger partial charge on any atom is -0.396 e. The van der Waals surface area contributed by atoms with Crippen molar-refractivity contribution in [3.8, 4) is 11.1 Å². The van der Waals surface area contributed by atoms with Crippen LogP contribution in [0.3, 0.4) is 0 Å². The third-order valence-corrected chi connectivity index (χ3v) is 8.02. The van der Waals surface area contributed by atoms with Gasteiger partial charge in [-0.3, -0.25) is 9.59 Å². The van der Waals surface area contributed by atoms with Crippen molar-refractivity contribution in [2.75, 3.05) is 49.2 Å². The lowest BCUT2D eigenvalue weighted by molar-refractivity contribution is -0.120. The summed E-state index contributed by atoms with van der Waals surface area (Å²) >= 11 is 6.35. The average Bonchev–Trinajstić information content (AvgIpc) is 2.94. The van der Waals surface area contributed by atoms with Crippen LogP contribution in [0.25, 0.3) is 11.1 Å². The van der Waals surface area contributed by atoms with Gasteiger partial charge in [0.25, 0.3) is 5.91 Å². The first-order valence-corrected chi connectivity index (χ1v) is 13.8. The molecule has 9 heteroatoms. The summed E-state index contributed by atoms with van der Waals surface area (Å²) in [5.74, 6) is -0.996. The number of ketones is 1. The zero-order chi connectivity index (χ0) is 29.1. The summed E-state index contributed by atoms with van der Waals surface area (Å²) in [5.41, 5.74) is 16.2. The van der Waals surface area contributed by atoms with Crippen molar-refractivity contribution >= 4 is 40.4 Å². The number of nitrogens with one attached hydrogen (secondary N) is 1. The van der Waals surface area contributed by atoms with Gasteiger partial charge in [0.1, 0.15) is 0 Å². The Labute approximate surface area is 240 Å². The molecule has 1 aliphatic rings. The number of Topliss-reactive ketones (excluding diaryl/α,β-unsaturated/α-hetero) is 1. The van der Waals surface area contributed by atoms with Gasteiger partial charge in [0.2, 0.25) is 0 Å². The van der Waals surface area contributed by atoms with Crippen molar-refractivity contribution in [2.45, 2.75) is 33.2 Å². The minimum atomic E-state index is -0.627. The second-order valence-electron chi connectivity index (χ2n) is 10.9. The molecule has 0 spiro atoms. The summed E-state index contributed by atoms with van der Waals surface area (Å²) in [6, 6.07) is 14.5. The van der Waals surface area contributed by atoms with E-state index in [-0.39, 0.29) is 40.0 Å². The molecular formula is C31H37ClFN5O2. The van der Waals surface area contributed by atoms with Crippen LogP contribution in [0.5, 0.6) is 0 Å². The molecule has 1 fully saturated rings. The number of piperazine rings is 1. The topological polar surface area (TPSA) is 105 Å². The maximum atomic E-state index is 14.2. The number of benzene rings is 3. The minimum absolute atomic E-state index is 0.0135. The van der Waals surface area contributed by atoms with Gasteiger partial charge in [-0.05, 0) is 54.8 Å². The number of carbonyl (C=O) groups excluding carboxylic acids is 2. The van der Waals surface area contributed by atoms with Crippen LogP contribution < -0.4 is 21.7 Å². The highest BCUT2D eigenvalue weighted by Crippen LogP contribution is 2.34. The first-order chi connectivity index (χ1) is 19.0. The molecule has 0 saturated carbocycles. The van der Waals surface area contributed by atoms with Gasteiger partial charge in [0.05, 0.1) is 33.7 Å². The summed E-state index contributed by atoms with van der Waals surface area (Å²) in [5, 5.41) is 3.04. The van der Waals surface area contributed by atoms with Crippen molar-refractivity contribution in [1.82, 2.24) is 4.90 Å². The van der Waals surface area contributed by atoms with E-state index in [9.17, 15) is 14.0 Å². The molecule has 5 N–H and O–H groups in total. The molecule has 3 aromatic rings. The largest absolute Gasteiger partial charge is 0.396 e. The quantitative estimate of drug-likeness (QED) is 0.327. The molecule has 0 aromatic heterocycles. The van der Waals surface area contributed by atoms with E-state index in [0.29, 0.717) is 5.69 Å². The van der Waals surface area contributed by atoms with Crippen LogP contribution in [0.15, 0.2) is 48.5 Å². The molecule has 7 nitrogen and oxygen atoms in total. The van der Waals surface area contributed by atoms with E-state index in [1.54, 1.807) is 0 Å². The first kappa shape index (κ1) is 29.5. The van der Waals surface area contributed by atoms with Crippen LogP contribution in [0.1, 0.15) is 35.3 Å². The molecule has 212 valence electrons. The molecule has 1 aliphatic heterocycles. The predicted octanol–water partition coefficient (Wildman–Crippen LogP) is 5.14. The summed E-state index contributed by atoms with van der Waals surface area (Å²) in [4.78, 5) is 30.3. The van der Waals surface area contributed by atoms with Gasteiger partial charge in [-0.15, -0.1) is 0 Å². The zero-order valence-electron chi connectivity index (χ0n) is 23.4. The van der Waals surface area contributed by atoms with Gasteiger partial charge in [-0.25, -0.2) is 4.39 Å². The fraction of sp³-hybridized carbons (Fsp3) is 0.355.